The largest absolute Gasteiger partial charge is 0.361 e. The third-order valence-corrected chi connectivity index (χ3v) is 4.87. The van der Waals surface area contributed by atoms with Crippen molar-refractivity contribution in [2.24, 2.45) is 5.10 Å². The minimum atomic E-state index is 0.144. The topological polar surface area (TPSA) is 32.1 Å². The lowest BCUT2D eigenvalue weighted by Gasteiger charge is -2.25. The molecule has 0 saturated carbocycles. The Morgan fingerprint density at radius 1 is 1.12 bits per heavy atom. The molecule has 0 aliphatic carbocycles. The van der Waals surface area contributed by atoms with Crippen LogP contribution < -0.4 is 10.2 Å². The summed E-state index contributed by atoms with van der Waals surface area (Å²) in [5, 5.41) is 10.9. The van der Waals surface area contributed by atoms with E-state index >= 15 is 0 Å². The van der Waals surface area contributed by atoms with Crippen LogP contribution in [0.5, 0.6) is 0 Å². The van der Waals surface area contributed by atoms with Crippen LogP contribution in [0.1, 0.15) is 30.0 Å². The molecule has 4 nitrogen and oxygen atoms in total. The zero-order chi connectivity index (χ0) is 18.4. The number of thiocarbonyl (C=S) groups is 1. The Morgan fingerprint density at radius 3 is 2.42 bits per heavy atom. The second kappa shape index (κ2) is 8.92. The maximum absolute atomic E-state index is 5.67. The Bertz CT molecular complexity index is 743. The number of rotatable bonds is 6. The number of quaternary nitrogens is 1. The molecular formula is C21H27N4S+. The van der Waals surface area contributed by atoms with Crippen molar-refractivity contribution in [3.8, 4) is 0 Å². The summed E-state index contributed by atoms with van der Waals surface area (Å²) in [4.78, 5) is 1.45. The van der Waals surface area contributed by atoms with Crippen molar-refractivity contribution in [2.75, 3.05) is 27.2 Å². The fraction of sp³-hybridized carbons (Fsp3) is 0.333. The third kappa shape index (κ3) is 4.68. The lowest BCUT2D eigenvalue weighted by molar-refractivity contribution is -0.858. The van der Waals surface area contributed by atoms with Gasteiger partial charge in [-0.2, -0.15) is 5.10 Å². The molecular weight excluding hydrogens is 340 g/mol. The van der Waals surface area contributed by atoms with Gasteiger partial charge in [-0.15, -0.1) is 0 Å². The number of hydrogen-bond donors (Lipinski definition) is 2. The lowest BCUT2D eigenvalue weighted by Crippen LogP contribution is -3.05. The molecule has 0 aromatic heterocycles. The molecule has 0 amide bonds. The van der Waals surface area contributed by atoms with Gasteiger partial charge in [-0.25, -0.2) is 5.01 Å². The van der Waals surface area contributed by atoms with Gasteiger partial charge in [-0.05, 0) is 23.3 Å². The van der Waals surface area contributed by atoms with Crippen LogP contribution in [0.4, 0.5) is 0 Å². The van der Waals surface area contributed by atoms with Crippen LogP contribution >= 0.6 is 12.2 Å². The second-order valence-electron chi connectivity index (χ2n) is 6.93. The Morgan fingerprint density at radius 2 is 1.77 bits per heavy atom. The fourth-order valence-corrected chi connectivity index (χ4v) is 3.43. The Labute approximate surface area is 161 Å². The van der Waals surface area contributed by atoms with Crippen LogP contribution in [0.15, 0.2) is 65.8 Å². The number of nitrogens with one attached hydrogen (secondary N) is 2. The van der Waals surface area contributed by atoms with Crippen LogP contribution in [-0.4, -0.2) is 43.0 Å². The summed E-state index contributed by atoms with van der Waals surface area (Å²) in [6.07, 6.45) is 1.94. The van der Waals surface area contributed by atoms with E-state index in [1.807, 2.05) is 17.1 Å². The minimum absolute atomic E-state index is 0.144. The number of hydrazone groups is 1. The van der Waals surface area contributed by atoms with E-state index in [0.29, 0.717) is 5.11 Å². The summed E-state index contributed by atoms with van der Waals surface area (Å²) in [5.41, 5.74) is 3.49. The molecule has 3 rings (SSSR count). The maximum Gasteiger partial charge on any atom is 0.190 e. The normalized spacial score (nSPS) is 16.7. The molecule has 1 atom stereocenters. The van der Waals surface area contributed by atoms with Gasteiger partial charge in [0.05, 0.1) is 32.4 Å². The summed E-state index contributed by atoms with van der Waals surface area (Å²) >= 11 is 5.67. The first-order valence-electron chi connectivity index (χ1n) is 9.19. The average molecular weight is 368 g/mol. The van der Waals surface area contributed by atoms with Crippen LogP contribution in [0.3, 0.4) is 0 Å². The maximum atomic E-state index is 5.67. The molecule has 0 saturated heterocycles. The van der Waals surface area contributed by atoms with Crippen molar-refractivity contribution in [2.45, 2.75) is 18.9 Å². The Kier molecular flexibility index (Phi) is 6.36. The number of benzene rings is 2. The van der Waals surface area contributed by atoms with Crippen molar-refractivity contribution in [1.29, 1.82) is 0 Å². The molecule has 0 radical (unpaired) electrons. The molecule has 2 N–H and O–H groups in total. The highest BCUT2D eigenvalue weighted by molar-refractivity contribution is 7.80. The van der Waals surface area contributed by atoms with Gasteiger partial charge in [0, 0.05) is 19.4 Å². The zero-order valence-corrected chi connectivity index (χ0v) is 16.3. The van der Waals surface area contributed by atoms with E-state index < -0.39 is 0 Å². The minimum Gasteiger partial charge on any atom is -0.361 e. The molecule has 2 aromatic rings. The summed E-state index contributed by atoms with van der Waals surface area (Å²) in [6.45, 7) is 1.99. The van der Waals surface area contributed by atoms with E-state index in [4.69, 9.17) is 17.3 Å². The lowest BCUT2D eigenvalue weighted by atomic mass is 9.99. The van der Waals surface area contributed by atoms with Crippen LogP contribution in [0.25, 0.3) is 0 Å². The van der Waals surface area contributed by atoms with Gasteiger partial charge >= 0.3 is 0 Å². The van der Waals surface area contributed by atoms with Crippen LogP contribution in [0, 0.1) is 0 Å². The average Bonchev–Trinajstić information content (AvgIpc) is 3.12. The van der Waals surface area contributed by atoms with Gasteiger partial charge in [-0.3, -0.25) is 0 Å². The smallest absolute Gasteiger partial charge is 0.190 e. The summed E-state index contributed by atoms with van der Waals surface area (Å²) in [5.74, 6) is 0. The second-order valence-corrected chi connectivity index (χ2v) is 7.32. The molecule has 0 unspecified atom stereocenters. The van der Waals surface area contributed by atoms with Crippen LogP contribution in [-0.2, 0) is 0 Å². The first-order valence-corrected chi connectivity index (χ1v) is 9.60. The first kappa shape index (κ1) is 18.5. The van der Waals surface area contributed by atoms with Crippen molar-refractivity contribution in [1.82, 2.24) is 10.3 Å². The molecule has 0 spiro atoms. The highest BCUT2D eigenvalue weighted by atomic mass is 32.1. The molecule has 26 heavy (non-hydrogen) atoms. The van der Waals surface area contributed by atoms with Crippen LogP contribution in [0.2, 0.25) is 0 Å². The van der Waals surface area contributed by atoms with Gasteiger partial charge in [0.1, 0.15) is 0 Å². The Balaban J connectivity index is 1.75. The molecule has 1 aliphatic rings. The number of nitrogens with zero attached hydrogens (tertiary/aromatic N) is 2. The molecule has 5 heteroatoms. The molecule has 1 heterocycles. The summed E-state index contributed by atoms with van der Waals surface area (Å²) in [6, 6.07) is 21.0. The van der Waals surface area contributed by atoms with Gasteiger partial charge in [0.15, 0.2) is 5.11 Å². The molecule has 0 fully saturated rings. The standard InChI is InChI=1S/C21H26N4S/c1-24(2)15-9-14-22-21(26)25-20(18-12-7-4-8-13-18)16-19(23-25)17-10-5-3-6-11-17/h3-8,10-13,20H,9,14-16H2,1-2H3,(H,22,26)/p+1/t20-/m1/s1. The zero-order valence-electron chi connectivity index (χ0n) is 15.5. The molecule has 0 bridgehead atoms. The van der Waals surface area contributed by atoms with E-state index in [2.05, 4.69) is 67.9 Å². The van der Waals surface area contributed by atoms with E-state index in [1.54, 1.807) is 0 Å². The summed E-state index contributed by atoms with van der Waals surface area (Å²) in [7, 11) is 4.33. The highest BCUT2D eigenvalue weighted by Gasteiger charge is 2.31. The molecule has 136 valence electrons. The predicted octanol–water partition coefficient (Wildman–Crippen LogP) is 2.25. The fourth-order valence-electron chi connectivity index (χ4n) is 3.16. The molecule has 1 aliphatic heterocycles. The molecule has 2 aromatic carbocycles. The predicted molar refractivity (Wildman–Crippen MR) is 112 cm³/mol. The van der Waals surface area contributed by atoms with Gasteiger partial charge in [0.2, 0.25) is 0 Å². The highest BCUT2D eigenvalue weighted by Crippen LogP contribution is 2.32. The van der Waals surface area contributed by atoms with Crippen molar-refractivity contribution in [3.63, 3.8) is 0 Å². The van der Waals surface area contributed by atoms with Crippen molar-refractivity contribution in [3.05, 3.63) is 71.8 Å². The summed E-state index contributed by atoms with van der Waals surface area (Å²) < 4.78 is 0. The Hall–Kier alpha value is -2.24. The van der Waals surface area contributed by atoms with E-state index in [0.717, 1.165) is 37.2 Å². The number of hydrogen-bond acceptors (Lipinski definition) is 2. The van der Waals surface area contributed by atoms with E-state index in [1.165, 1.54) is 10.5 Å². The van der Waals surface area contributed by atoms with E-state index in [9.17, 15) is 0 Å². The van der Waals surface area contributed by atoms with Crippen molar-refractivity contribution >= 4 is 23.0 Å². The van der Waals surface area contributed by atoms with Gasteiger partial charge < -0.3 is 10.2 Å². The first-order chi connectivity index (χ1) is 12.6. The van der Waals surface area contributed by atoms with Gasteiger partial charge in [-0.1, -0.05) is 60.7 Å². The SMILES string of the molecule is C[NH+](C)CCCNC(=S)N1N=C(c2ccccc2)C[C@@H]1c1ccccc1. The monoisotopic (exact) mass is 367 g/mol. The van der Waals surface area contributed by atoms with Gasteiger partial charge in [0.25, 0.3) is 0 Å². The third-order valence-electron chi connectivity index (χ3n) is 4.54. The van der Waals surface area contributed by atoms with Crippen molar-refractivity contribution < 1.29 is 4.90 Å². The quantitative estimate of drug-likeness (QED) is 0.607. The van der Waals surface area contributed by atoms with E-state index in [-0.39, 0.29) is 6.04 Å².